The van der Waals surface area contributed by atoms with Gasteiger partial charge in [-0.25, -0.2) is 9.59 Å². The van der Waals surface area contributed by atoms with E-state index in [2.05, 4.69) is 15.9 Å². The zero-order chi connectivity index (χ0) is 20.1. The molecule has 0 saturated carbocycles. The highest BCUT2D eigenvalue weighted by Gasteiger charge is 2.20. The normalized spacial score (nSPS) is 15.9. The third kappa shape index (κ3) is 5.04. The molecule has 28 heavy (non-hydrogen) atoms. The van der Waals surface area contributed by atoms with E-state index in [0.717, 1.165) is 19.4 Å². The van der Waals surface area contributed by atoms with Gasteiger partial charge in [-0.15, -0.1) is 0 Å². The molecule has 3 rings (SSSR count). The summed E-state index contributed by atoms with van der Waals surface area (Å²) in [6, 6.07) is 9.22. The quantitative estimate of drug-likeness (QED) is 0.452. The topological polar surface area (TPSA) is 71.1 Å². The monoisotopic (exact) mass is 468 g/mol. The number of rotatable bonds is 6. The standard InChI is InChI=1S/C20H18BrClO6/c1-25-20(24)15-10-13(22)5-7-17(15)28-19(23)12-4-6-18(16(21)9-12)27-11-14-3-2-8-26-14/h4-7,9-10,14H,2-3,8,11H2,1H3. The Morgan fingerprint density at radius 2 is 1.96 bits per heavy atom. The maximum absolute atomic E-state index is 12.5. The van der Waals surface area contributed by atoms with E-state index in [9.17, 15) is 9.59 Å². The lowest BCUT2D eigenvalue weighted by Crippen LogP contribution is -2.16. The lowest BCUT2D eigenvalue weighted by molar-refractivity contribution is 0.0593. The Bertz CT molecular complexity index is 879. The first-order valence-corrected chi connectivity index (χ1v) is 9.79. The van der Waals surface area contributed by atoms with Gasteiger partial charge in [0, 0.05) is 11.6 Å². The molecule has 1 fully saturated rings. The molecule has 148 valence electrons. The van der Waals surface area contributed by atoms with Gasteiger partial charge in [0.05, 0.1) is 23.2 Å². The Kier molecular flexibility index (Phi) is 6.93. The maximum atomic E-state index is 12.5. The third-order valence-electron chi connectivity index (χ3n) is 4.17. The lowest BCUT2D eigenvalue weighted by Gasteiger charge is -2.13. The van der Waals surface area contributed by atoms with Crippen LogP contribution in [0.1, 0.15) is 33.6 Å². The zero-order valence-corrected chi connectivity index (χ0v) is 17.4. The summed E-state index contributed by atoms with van der Waals surface area (Å²) in [5, 5.41) is 0.329. The number of ether oxygens (including phenoxy) is 4. The molecule has 0 N–H and O–H groups in total. The van der Waals surface area contributed by atoms with Gasteiger partial charge in [0.25, 0.3) is 0 Å². The molecule has 0 aliphatic carbocycles. The SMILES string of the molecule is COC(=O)c1cc(Cl)ccc1OC(=O)c1ccc(OCC2CCCO2)c(Br)c1. The van der Waals surface area contributed by atoms with Gasteiger partial charge < -0.3 is 18.9 Å². The summed E-state index contributed by atoms with van der Waals surface area (Å²) in [5.74, 6) is -0.604. The van der Waals surface area contributed by atoms with Crippen LogP contribution < -0.4 is 9.47 Å². The van der Waals surface area contributed by atoms with E-state index in [0.29, 0.717) is 27.4 Å². The highest BCUT2D eigenvalue weighted by atomic mass is 79.9. The minimum atomic E-state index is -0.649. The van der Waals surface area contributed by atoms with E-state index in [4.69, 9.17) is 30.5 Å². The predicted octanol–water partition coefficient (Wildman–Crippen LogP) is 4.67. The molecular formula is C20H18BrClO6. The summed E-state index contributed by atoms with van der Waals surface area (Å²) in [4.78, 5) is 24.4. The molecule has 1 aliphatic rings. The van der Waals surface area contributed by atoms with Crippen LogP contribution in [-0.4, -0.2) is 38.4 Å². The number of halogens is 2. The van der Waals surface area contributed by atoms with E-state index < -0.39 is 11.9 Å². The van der Waals surface area contributed by atoms with Crippen molar-refractivity contribution in [2.24, 2.45) is 0 Å². The van der Waals surface area contributed by atoms with Crippen molar-refractivity contribution in [3.05, 3.63) is 57.0 Å². The van der Waals surface area contributed by atoms with Crippen LogP contribution in [0.25, 0.3) is 0 Å². The first kappa shape index (κ1) is 20.6. The number of hydrogen-bond acceptors (Lipinski definition) is 6. The maximum Gasteiger partial charge on any atom is 0.343 e. The van der Waals surface area contributed by atoms with Crippen molar-refractivity contribution < 1.29 is 28.5 Å². The average Bonchev–Trinajstić information content (AvgIpc) is 3.21. The van der Waals surface area contributed by atoms with Crippen molar-refractivity contribution >= 4 is 39.5 Å². The Morgan fingerprint density at radius 3 is 2.64 bits per heavy atom. The Labute approximate surface area is 175 Å². The average molecular weight is 470 g/mol. The molecule has 0 aromatic heterocycles. The minimum absolute atomic E-state index is 0.0658. The molecule has 1 heterocycles. The van der Waals surface area contributed by atoms with Crippen LogP contribution >= 0.6 is 27.5 Å². The number of carbonyl (C=O) groups is 2. The fourth-order valence-corrected chi connectivity index (χ4v) is 3.39. The molecule has 1 unspecified atom stereocenters. The van der Waals surface area contributed by atoms with Crippen LogP contribution in [0.3, 0.4) is 0 Å². The fraction of sp³-hybridized carbons (Fsp3) is 0.300. The van der Waals surface area contributed by atoms with Gasteiger partial charge in [-0.3, -0.25) is 0 Å². The first-order chi connectivity index (χ1) is 13.5. The number of esters is 2. The second-order valence-electron chi connectivity index (χ2n) is 6.11. The van der Waals surface area contributed by atoms with Crippen molar-refractivity contribution in [3.8, 4) is 11.5 Å². The number of carbonyl (C=O) groups excluding carboxylic acids is 2. The number of methoxy groups -OCH3 is 1. The largest absolute Gasteiger partial charge is 0.490 e. The van der Waals surface area contributed by atoms with Crippen molar-refractivity contribution in [1.82, 2.24) is 0 Å². The number of hydrogen-bond donors (Lipinski definition) is 0. The summed E-state index contributed by atoms with van der Waals surface area (Å²) in [5.41, 5.74) is 0.362. The van der Waals surface area contributed by atoms with Crippen LogP contribution in [0.4, 0.5) is 0 Å². The van der Waals surface area contributed by atoms with E-state index in [1.165, 1.54) is 25.3 Å². The smallest absolute Gasteiger partial charge is 0.343 e. The van der Waals surface area contributed by atoms with Gasteiger partial charge in [-0.05, 0) is 65.2 Å². The molecule has 0 radical (unpaired) electrons. The van der Waals surface area contributed by atoms with Gasteiger partial charge in [0.15, 0.2) is 0 Å². The molecule has 0 amide bonds. The summed E-state index contributed by atoms with van der Waals surface area (Å²) >= 11 is 9.31. The van der Waals surface area contributed by atoms with E-state index in [1.807, 2.05) is 0 Å². The Balaban J connectivity index is 1.71. The fourth-order valence-electron chi connectivity index (χ4n) is 2.72. The van der Waals surface area contributed by atoms with Gasteiger partial charge in [0.1, 0.15) is 23.7 Å². The van der Waals surface area contributed by atoms with Gasteiger partial charge in [-0.1, -0.05) is 11.6 Å². The van der Waals surface area contributed by atoms with Crippen LogP contribution in [0.15, 0.2) is 40.9 Å². The van der Waals surface area contributed by atoms with E-state index in [1.54, 1.807) is 18.2 Å². The van der Waals surface area contributed by atoms with Crippen LogP contribution in [0.5, 0.6) is 11.5 Å². The van der Waals surface area contributed by atoms with Crippen LogP contribution in [0.2, 0.25) is 5.02 Å². The molecule has 0 bridgehead atoms. The van der Waals surface area contributed by atoms with Crippen molar-refractivity contribution in [1.29, 1.82) is 0 Å². The second-order valence-corrected chi connectivity index (χ2v) is 7.40. The molecule has 2 aromatic carbocycles. The minimum Gasteiger partial charge on any atom is -0.490 e. The first-order valence-electron chi connectivity index (χ1n) is 8.62. The summed E-state index contributed by atoms with van der Waals surface area (Å²) in [6.45, 7) is 1.22. The number of benzene rings is 2. The highest BCUT2D eigenvalue weighted by molar-refractivity contribution is 9.10. The highest BCUT2D eigenvalue weighted by Crippen LogP contribution is 2.29. The van der Waals surface area contributed by atoms with Crippen molar-refractivity contribution in [2.75, 3.05) is 20.3 Å². The van der Waals surface area contributed by atoms with Crippen LogP contribution in [-0.2, 0) is 9.47 Å². The zero-order valence-electron chi connectivity index (χ0n) is 15.1. The summed E-state index contributed by atoms with van der Waals surface area (Å²) < 4.78 is 22.0. The van der Waals surface area contributed by atoms with Crippen molar-refractivity contribution in [3.63, 3.8) is 0 Å². The molecule has 2 aromatic rings. The second kappa shape index (κ2) is 9.41. The molecule has 1 aliphatic heterocycles. The lowest BCUT2D eigenvalue weighted by atomic mass is 10.2. The van der Waals surface area contributed by atoms with Crippen molar-refractivity contribution in [2.45, 2.75) is 18.9 Å². The molecular weight excluding hydrogens is 452 g/mol. The molecule has 0 spiro atoms. The van der Waals surface area contributed by atoms with Gasteiger partial charge in [0.2, 0.25) is 0 Å². The predicted molar refractivity (Wildman–Crippen MR) is 106 cm³/mol. The Hall–Kier alpha value is -2.09. The summed E-state index contributed by atoms with van der Waals surface area (Å²) in [7, 11) is 1.24. The van der Waals surface area contributed by atoms with Gasteiger partial charge in [-0.2, -0.15) is 0 Å². The van der Waals surface area contributed by atoms with Gasteiger partial charge >= 0.3 is 11.9 Å². The third-order valence-corrected chi connectivity index (χ3v) is 5.02. The van der Waals surface area contributed by atoms with Crippen LogP contribution in [0, 0.1) is 0 Å². The Morgan fingerprint density at radius 1 is 1.18 bits per heavy atom. The molecule has 6 nitrogen and oxygen atoms in total. The van der Waals surface area contributed by atoms with E-state index >= 15 is 0 Å². The molecule has 1 atom stereocenters. The molecule has 1 saturated heterocycles. The summed E-state index contributed by atoms with van der Waals surface area (Å²) in [6.07, 6.45) is 2.11. The van der Waals surface area contributed by atoms with E-state index in [-0.39, 0.29) is 17.4 Å². The molecule has 8 heteroatoms.